The summed E-state index contributed by atoms with van der Waals surface area (Å²) in [6, 6.07) is 7.70. The lowest BCUT2D eigenvalue weighted by Gasteiger charge is -2.15. The third kappa shape index (κ3) is 4.98. The first kappa shape index (κ1) is 19.8. The van der Waals surface area contributed by atoms with Gasteiger partial charge in [0, 0.05) is 10.0 Å². The molecule has 2 aromatic carbocycles. The van der Waals surface area contributed by atoms with Gasteiger partial charge in [0.05, 0.1) is 18.4 Å². The Morgan fingerprint density at radius 2 is 1.92 bits per heavy atom. The van der Waals surface area contributed by atoms with E-state index in [1.807, 2.05) is 0 Å². The Balaban J connectivity index is 2.10. The first-order chi connectivity index (χ1) is 12.2. The van der Waals surface area contributed by atoms with Crippen molar-refractivity contribution in [1.29, 1.82) is 0 Å². The summed E-state index contributed by atoms with van der Waals surface area (Å²) in [5, 5.41) is 2.17. The van der Waals surface area contributed by atoms with Crippen LogP contribution in [0, 0.1) is 0 Å². The minimum absolute atomic E-state index is 0.181. The maximum absolute atomic E-state index is 13.1. The Bertz CT molecular complexity index is 824. The fourth-order valence-corrected chi connectivity index (χ4v) is 2.43. The van der Waals surface area contributed by atoms with Crippen LogP contribution in [0.1, 0.15) is 15.9 Å². The molecule has 0 saturated heterocycles. The first-order valence-corrected chi connectivity index (χ1v) is 7.96. The van der Waals surface area contributed by atoms with Crippen LogP contribution >= 0.6 is 15.9 Å². The van der Waals surface area contributed by atoms with E-state index in [-0.39, 0.29) is 21.7 Å². The number of hydrogen-bond acceptors (Lipinski definition) is 4. The molecule has 9 heteroatoms. The van der Waals surface area contributed by atoms with Crippen molar-refractivity contribution in [2.24, 2.45) is 0 Å². The fourth-order valence-electron chi connectivity index (χ4n) is 2.07. The predicted octanol–water partition coefficient (Wildman–Crippen LogP) is 4.31. The molecule has 138 valence electrons. The summed E-state index contributed by atoms with van der Waals surface area (Å²) in [5.41, 5.74) is -1.01. The highest BCUT2D eigenvalue weighted by molar-refractivity contribution is 9.10. The van der Waals surface area contributed by atoms with Crippen molar-refractivity contribution < 1.29 is 32.2 Å². The standard InChI is InChI=1S/C17H13BrF3NO4/c1-25-15-6-10(8-23)2-5-14(15)26-9-16(24)22-13-4-3-11(18)7-12(13)17(19,20)21/h2-8H,9H2,1H3,(H,22,24). The number of halogens is 4. The van der Waals surface area contributed by atoms with Crippen LogP contribution in [-0.2, 0) is 11.0 Å². The molecule has 1 N–H and O–H groups in total. The molecule has 0 heterocycles. The summed E-state index contributed by atoms with van der Waals surface area (Å²) in [5.74, 6) is -0.374. The van der Waals surface area contributed by atoms with E-state index in [2.05, 4.69) is 21.2 Å². The molecule has 0 fully saturated rings. The Morgan fingerprint density at radius 3 is 2.54 bits per heavy atom. The van der Waals surface area contributed by atoms with Gasteiger partial charge in [-0.25, -0.2) is 0 Å². The van der Waals surface area contributed by atoms with Gasteiger partial charge in [-0.1, -0.05) is 15.9 Å². The maximum atomic E-state index is 13.1. The number of carbonyl (C=O) groups is 2. The SMILES string of the molecule is COc1cc(C=O)ccc1OCC(=O)Nc1ccc(Br)cc1C(F)(F)F. The molecule has 0 aromatic heterocycles. The molecule has 0 aliphatic heterocycles. The lowest BCUT2D eigenvalue weighted by atomic mass is 10.1. The molecule has 0 unspecified atom stereocenters. The Labute approximate surface area is 155 Å². The lowest BCUT2D eigenvalue weighted by molar-refractivity contribution is -0.137. The molecule has 0 saturated carbocycles. The van der Waals surface area contributed by atoms with Crippen molar-refractivity contribution >= 4 is 33.8 Å². The van der Waals surface area contributed by atoms with Gasteiger partial charge in [-0.05, 0) is 36.4 Å². The quantitative estimate of drug-likeness (QED) is 0.692. The van der Waals surface area contributed by atoms with Crippen molar-refractivity contribution in [3.05, 3.63) is 52.0 Å². The topological polar surface area (TPSA) is 64.6 Å². The summed E-state index contributed by atoms with van der Waals surface area (Å²) in [7, 11) is 1.36. The molecule has 26 heavy (non-hydrogen) atoms. The molecule has 0 spiro atoms. The normalized spacial score (nSPS) is 11.0. The third-order valence-electron chi connectivity index (χ3n) is 3.24. The van der Waals surface area contributed by atoms with Crippen LogP contribution in [0.3, 0.4) is 0 Å². The highest BCUT2D eigenvalue weighted by atomic mass is 79.9. The summed E-state index contributed by atoms with van der Waals surface area (Å²) in [6.45, 7) is -0.538. The van der Waals surface area contributed by atoms with E-state index in [4.69, 9.17) is 9.47 Å². The zero-order valence-electron chi connectivity index (χ0n) is 13.4. The molecule has 2 aromatic rings. The maximum Gasteiger partial charge on any atom is 0.418 e. The van der Waals surface area contributed by atoms with Crippen molar-refractivity contribution in [2.75, 3.05) is 19.0 Å². The van der Waals surface area contributed by atoms with E-state index in [0.717, 1.165) is 12.1 Å². The van der Waals surface area contributed by atoms with Crippen LogP contribution in [0.15, 0.2) is 40.9 Å². The molecule has 1 amide bonds. The number of carbonyl (C=O) groups excluding carboxylic acids is 2. The molecule has 0 bridgehead atoms. The summed E-state index contributed by atoms with van der Waals surface area (Å²) < 4.78 is 49.7. The number of alkyl halides is 3. The van der Waals surface area contributed by atoms with E-state index >= 15 is 0 Å². The summed E-state index contributed by atoms with van der Waals surface area (Å²) in [4.78, 5) is 22.7. The summed E-state index contributed by atoms with van der Waals surface area (Å²) in [6.07, 6.45) is -4.01. The Hall–Kier alpha value is -2.55. The molecule has 0 aliphatic rings. The van der Waals surface area contributed by atoms with E-state index in [0.29, 0.717) is 11.8 Å². The van der Waals surface area contributed by atoms with Crippen molar-refractivity contribution in [3.63, 3.8) is 0 Å². The second-order valence-electron chi connectivity index (χ2n) is 5.05. The van der Waals surface area contributed by atoms with Crippen molar-refractivity contribution in [1.82, 2.24) is 0 Å². The minimum atomic E-state index is -4.62. The smallest absolute Gasteiger partial charge is 0.418 e. The number of rotatable bonds is 6. The number of amides is 1. The van der Waals surface area contributed by atoms with Crippen LogP contribution in [0.25, 0.3) is 0 Å². The number of methoxy groups -OCH3 is 1. The van der Waals surface area contributed by atoms with E-state index in [1.165, 1.54) is 31.4 Å². The zero-order valence-corrected chi connectivity index (χ0v) is 15.0. The van der Waals surface area contributed by atoms with E-state index in [1.54, 1.807) is 0 Å². The van der Waals surface area contributed by atoms with Crippen LogP contribution in [0.5, 0.6) is 11.5 Å². The van der Waals surface area contributed by atoms with Gasteiger partial charge in [-0.2, -0.15) is 13.2 Å². The second-order valence-corrected chi connectivity index (χ2v) is 5.97. The number of ether oxygens (including phenoxy) is 2. The fraction of sp³-hybridized carbons (Fsp3) is 0.176. The molecule has 5 nitrogen and oxygen atoms in total. The molecule has 0 aliphatic carbocycles. The largest absolute Gasteiger partial charge is 0.493 e. The number of anilines is 1. The molecule has 0 radical (unpaired) electrons. The van der Waals surface area contributed by atoms with Gasteiger partial charge in [0.15, 0.2) is 18.1 Å². The highest BCUT2D eigenvalue weighted by Gasteiger charge is 2.34. The Kier molecular flexibility index (Phi) is 6.25. The van der Waals surface area contributed by atoms with Gasteiger partial charge in [0.2, 0.25) is 0 Å². The number of hydrogen-bond donors (Lipinski definition) is 1. The third-order valence-corrected chi connectivity index (χ3v) is 3.74. The molecule has 2 rings (SSSR count). The number of aldehydes is 1. The summed E-state index contributed by atoms with van der Waals surface area (Å²) >= 11 is 2.97. The van der Waals surface area contributed by atoms with Gasteiger partial charge in [-0.15, -0.1) is 0 Å². The highest BCUT2D eigenvalue weighted by Crippen LogP contribution is 2.36. The van der Waals surface area contributed by atoms with Crippen molar-refractivity contribution in [2.45, 2.75) is 6.18 Å². The average molecular weight is 432 g/mol. The van der Waals surface area contributed by atoms with Gasteiger partial charge >= 0.3 is 6.18 Å². The van der Waals surface area contributed by atoms with Crippen LogP contribution in [0.2, 0.25) is 0 Å². The van der Waals surface area contributed by atoms with E-state index in [9.17, 15) is 22.8 Å². The lowest BCUT2D eigenvalue weighted by Crippen LogP contribution is -2.22. The second kappa shape index (κ2) is 8.22. The van der Waals surface area contributed by atoms with Gasteiger partial charge in [0.1, 0.15) is 6.29 Å². The zero-order chi connectivity index (χ0) is 19.3. The number of benzene rings is 2. The van der Waals surface area contributed by atoms with Crippen LogP contribution in [0.4, 0.5) is 18.9 Å². The first-order valence-electron chi connectivity index (χ1n) is 7.17. The predicted molar refractivity (Wildman–Crippen MR) is 91.7 cm³/mol. The molecule has 0 atom stereocenters. The molecular weight excluding hydrogens is 419 g/mol. The monoisotopic (exact) mass is 431 g/mol. The average Bonchev–Trinajstić information content (AvgIpc) is 2.60. The van der Waals surface area contributed by atoms with Crippen molar-refractivity contribution in [3.8, 4) is 11.5 Å². The van der Waals surface area contributed by atoms with E-state index < -0.39 is 24.3 Å². The van der Waals surface area contributed by atoms with Crippen LogP contribution < -0.4 is 14.8 Å². The van der Waals surface area contributed by atoms with Gasteiger partial charge < -0.3 is 14.8 Å². The van der Waals surface area contributed by atoms with Gasteiger partial charge in [-0.3, -0.25) is 9.59 Å². The van der Waals surface area contributed by atoms with Crippen LogP contribution in [-0.4, -0.2) is 25.9 Å². The van der Waals surface area contributed by atoms with Gasteiger partial charge in [0.25, 0.3) is 5.91 Å². The Morgan fingerprint density at radius 1 is 1.19 bits per heavy atom. The molecular formula is C17H13BrF3NO4. The minimum Gasteiger partial charge on any atom is -0.493 e. The number of nitrogens with one attached hydrogen (secondary N) is 1.